The number of nitrogens with zero attached hydrogens (tertiary/aromatic N) is 4. The fraction of sp³-hybridized carbons (Fsp3) is 0.389. The average Bonchev–Trinajstić information content (AvgIpc) is 2.61. The number of rotatable bonds is 3. The summed E-state index contributed by atoms with van der Waals surface area (Å²) in [5.74, 6) is 0.790. The molecule has 0 N–H and O–H groups in total. The monoisotopic (exact) mass is 324 g/mol. The first-order chi connectivity index (χ1) is 11.2. The third-order valence-electron chi connectivity index (χ3n) is 4.29. The molecule has 0 bridgehead atoms. The topological polar surface area (TPSA) is 52.8 Å². The second kappa shape index (κ2) is 7.01. The quantitative estimate of drug-likeness (QED) is 0.628. The van der Waals surface area contributed by atoms with Crippen molar-refractivity contribution in [2.45, 2.75) is 37.4 Å². The van der Waals surface area contributed by atoms with Crippen molar-refractivity contribution in [1.82, 2.24) is 9.97 Å². The SMILES string of the molecule is CSc1nc(-c2ccccc2)c(C#N)c(N2CCCC[C@H]2C)n1. The molecule has 0 spiro atoms. The first-order valence-electron chi connectivity index (χ1n) is 7.92. The third kappa shape index (κ3) is 3.18. The first-order valence-corrected chi connectivity index (χ1v) is 9.15. The molecular weight excluding hydrogens is 304 g/mol. The summed E-state index contributed by atoms with van der Waals surface area (Å²) in [6.07, 6.45) is 5.50. The van der Waals surface area contributed by atoms with Crippen LogP contribution in [0.1, 0.15) is 31.7 Å². The van der Waals surface area contributed by atoms with Crippen molar-refractivity contribution in [1.29, 1.82) is 5.26 Å². The minimum absolute atomic E-state index is 0.407. The Kier molecular flexibility index (Phi) is 4.82. The molecular formula is C18H20N4S. The van der Waals surface area contributed by atoms with Gasteiger partial charge in [-0.1, -0.05) is 42.1 Å². The van der Waals surface area contributed by atoms with Gasteiger partial charge in [0.25, 0.3) is 0 Å². The van der Waals surface area contributed by atoms with Gasteiger partial charge < -0.3 is 4.90 Å². The fourth-order valence-electron chi connectivity index (χ4n) is 3.05. The predicted octanol–water partition coefficient (Wildman–Crippen LogP) is 4.12. The molecule has 1 saturated heterocycles. The van der Waals surface area contributed by atoms with Crippen molar-refractivity contribution >= 4 is 17.6 Å². The number of hydrogen-bond donors (Lipinski definition) is 0. The normalized spacial score (nSPS) is 17.8. The van der Waals surface area contributed by atoms with Crippen molar-refractivity contribution in [3.8, 4) is 17.3 Å². The Bertz CT molecular complexity index is 724. The van der Waals surface area contributed by atoms with Crippen molar-refractivity contribution < 1.29 is 0 Å². The minimum atomic E-state index is 0.407. The Morgan fingerprint density at radius 2 is 2.00 bits per heavy atom. The Morgan fingerprint density at radius 1 is 1.22 bits per heavy atom. The molecule has 0 saturated carbocycles. The van der Waals surface area contributed by atoms with Crippen LogP contribution >= 0.6 is 11.8 Å². The highest BCUT2D eigenvalue weighted by Crippen LogP contribution is 2.33. The molecule has 118 valence electrons. The smallest absolute Gasteiger partial charge is 0.189 e. The van der Waals surface area contributed by atoms with E-state index in [-0.39, 0.29) is 0 Å². The fourth-order valence-corrected chi connectivity index (χ4v) is 3.41. The van der Waals surface area contributed by atoms with E-state index >= 15 is 0 Å². The summed E-state index contributed by atoms with van der Waals surface area (Å²) in [4.78, 5) is 11.6. The van der Waals surface area contributed by atoms with Gasteiger partial charge in [0, 0.05) is 18.2 Å². The van der Waals surface area contributed by atoms with Gasteiger partial charge in [0.1, 0.15) is 11.6 Å². The van der Waals surface area contributed by atoms with Gasteiger partial charge in [0.05, 0.1) is 5.69 Å². The molecule has 1 aromatic carbocycles. The van der Waals surface area contributed by atoms with Crippen LogP contribution in [-0.4, -0.2) is 28.8 Å². The van der Waals surface area contributed by atoms with E-state index in [0.717, 1.165) is 41.6 Å². The first kappa shape index (κ1) is 15.8. The van der Waals surface area contributed by atoms with Crippen LogP contribution < -0.4 is 4.90 Å². The molecule has 2 aromatic rings. The van der Waals surface area contributed by atoms with Gasteiger partial charge in [-0.3, -0.25) is 0 Å². The van der Waals surface area contributed by atoms with Crippen molar-refractivity contribution in [2.75, 3.05) is 17.7 Å². The summed E-state index contributed by atoms with van der Waals surface area (Å²) >= 11 is 1.52. The zero-order valence-corrected chi connectivity index (χ0v) is 14.3. The molecule has 2 heterocycles. The highest BCUT2D eigenvalue weighted by atomic mass is 32.2. The summed E-state index contributed by atoms with van der Waals surface area (Å²) in [6.45, 7) is 3.16. The van der Waals surface area contributed by atoms with Crippen LogP contribution in [0.3, 0.4) is 0 Å². The van der Waals surface area contributed by atoms with E-state index in [0.29, 0.717) is 11.6 Å². The Hall–Kier alpha value is -2.06. The molecule has 1 aliphatic rings. The maximum absolute atomic E-state index is 9.78. The van der Waals surface area contributed by atoms with Crippen molar-refractivity contribution in [3.05, 3.63) is 35.9 Å². The molecule has 5 heteroatoms. The summed E-state index contributed by atoms with van der Waals surface area (Å²) < 4.78 is 0. The molecule has 1 fully saturated rings. The minimum Gasteiger partial charge on any atom is -0.353 e. The van der Waals surface area contributed by atoms with Gasteiger partial charge in [-0.05, 0) is 32.4 Å². The van der Waals surface area contributed by atoms with E-state index in [9.17, 15) is 5.26 Å². The van der Waals surface area contributed by atoms with E-state index in [1.807, 2.05) is 36.6 Å². The molecule has 0 radical (unpaired) electrons. The predicted molar refractivity (Wildman–Crippen MR) is 94.6 cm³/mol. The van der Waals surface area contributed by atoms with Crippen LogP contribution in [0.4, 0.5) is 5.82 Å². The van der Waals surface area contributed by atoms with E-state index in [1.165, 1.54) is 18.2 Å². The average molecular weight is 324 g/mol. The summed E-state index contributed by atoms with van der Waals surface area (Å²) in [5.41, 5.74) is 2.29. The number of thioether (sulfide) groups is 1. The second-order valence-corrected chi connectivity index (χ2v) is 6.55. The largest absolute Gasteiger partial charge is 0.353 e. The Balaban J connectivity index is 2.17. The molecule has 1 atom stereocenters. The molecule has 1 aromatic heterocycles. The van der Waals surface area contributed by atoms with E-state index in [1.54, 1.807) is 0 Å². The van der Waals surface area contributed by atoms with Crippen LogP contribution in [0, 0.1) is 11.3 Å². The molecule has 0 aliphatic carbocycles. The van der Waals surface area contributed by atoms with Gasteiger partial charge in [0.2, 0.25) is 0 Å². The second-order valence-electron chi connectivity index (χ2n) is 5.77. The van der Waals surface area contributed by atoms with Gasteiger partial charge in [-0.25, -0.2) is 9.97 Å². The lowest BCUT2D eigenvalue weighted by Gasteiger charge is -2.35. The number of benzene rings is 1. The number of nitriles is 1. The molecule has 0 amide bonds. The summed E-state index contributed by atoms with van der Waals surface area (Å²) in [5, 5.41) is 10.5. The van der Waals surface area contributed by atoms with Crippen LogP contribution in [0.2, 0.25) is 0 Å². The lowest BCUT2D eigenvalue weighted by atomic mass is 10.0. The zero-order chi connectivity index (χ0) is 16.2. The molecule has 0 unspecified atom stereocenters. The van der Waals surface area contributed by atoms with Crippen LogP contribution in [-0.2, 0) is 0 Å². The van der Waals surface area contributed by atoms with Crippen molar-refractivity contribution in [3.63, 3.8) is 0 Å². The third-order valence-corrected chi connectivity index (χ3v) is 4.83. The Morgan fingerprint density at radius 3 is 2.65 bits per heavy atom. The molecule has 1 aliphatic heterocycles. The lowest BCUT2D eigenvalue weighted by molar-refractivity contribution is 0.479. The summed E-state index contributed by atoms with van der Waals surface area (Å²) in [6, 6.07) is 12.7. The number of piperidine rings is 1. The van der Waals surface area contributed by atoms with Crippen molar-refractivity contribution in [2.24, 2.45) is 0 Å². The number of hydrogen-bond acceptors (Lipinski definition) is 5. The van der Waals surface area contributed by atoms with E-state index in [2.05, 4.69) is 27.9 Å². The van der Waals surface area contributed by atoms with Crippen LogP contribution in [0.5, 0.6) is 0 Å². The van der Waals surface area contributed by atoms with E-state index in [4.69, 9.17) is 0 Å². The van der Waals surface area contributed by atoms with Crippen LogP contribution in [0.25, 0.3) is 11.3 Å². The maximum Gasteiger partial charge on any atom is 0.189 e. The highest BCUT2D eigenvalue weighted by molar-refractivity contribution is 7.98. The van der Waals surface area contributed by atoms with E-state index < -0.39 is 0 Å². The number of aromatic nitrogens is 2. The zero-order valence-electron chi connectivity index (χ0n) is 13.5. The number of anilines is 1. The lowest BCUT2D eigenvalue weighted by Crippen LogP contribution is -2.38. The maximum atomic E-state index is 9.78. The standard InChI is InChI=1S/C18H20N4S/c1-13-8-6-7-11-22(13)17-15(12-19)16(20-18(21-17)23-2)14-9-4-3-5-10-14/h3-5,9-10,13H,6-8,11H2,1-2H3/t13-/m1/s1. The van der Waals surface area contributed by atoms with Gasteiger partial charge in [0.15, 0.2) is 11.0 Å². The Labute approximate surface area is 141 Å². The molecule has 4 nitrogen and oxygen atoms in total. The highest BCUT2D eigenvalue weighted by Gasteiger charge is 2.25. The van der Waals surface area contributed by atoms with Crippen LogP contribution in [0.15, 0.2) is 35.5 Å². The van der Waals surface area contributed by atoms with Gasteiger partial charge >= 0.3 is 0 Å². The molecule has 23 heavy (non-hydrogen) atoms. The van der Waals surface area contributed by atoms with Gasteiger partial charge in [-0.2, -0.15) is 5.26 Å². The summed E-state index contributed by atoms with van der Waals surface area (Å²) in [7, 11) is 0. The molecule has 3 rings (SSSR count). The van der Waals surface area contributed by atoms with Gasteiger partial charge in [-0.15, -0.1) is 0 Å².